The van der Waals surface area contributed by atoms with E-state index in [-0.39, 0.29) is 20.7 Å². The van der Waals surface area contributed by atoms with Crippen molar-refractivity contribution < 1.29 is 0 Å². The average molecular weight is 233 g/mol. The summed E-state index contributed by atoms with van der Waals surface area (Å²) in [7, 11) is 0. The lowest BCUT2D eigenvalue weighted by molar-refractivity contribution is 1.19. The number of hydrogen-bond donors (Lipinski definition) is 0. The van der Waals surface area contributed by atoms with Crippen molar-refractivity contribution in [3.63, 3.8) is 0 Å². The molecule has 0 aliphatic heterocycles. The van der Waals surface area contributed by atoms with Crippen LogP contribution in [0.15, 0.2) is 18.3 Å². The maximum Gasteiger partial charge on any atom is 0.0400 e. The number of pyridine rings is 1. The van der Waals surface area contributed by atoms with E-state index in [1.54, 1.807) is 0 Å². The third-order valence-corrected chi connectivity index (χ3v) is 2.55. The van der Waals surface area contributed by atoms with Gasteiger partial charge in [-0.1, -0.05) is 25.2 Å². The number of hydrogen-bond acceptors (Lipinski definition) is 1. The Balaban J connectivity index is 3.01. The zero-order valence-electron chi connectivity index (χ0n) is 5.26. The highest BCUT2D eigenvalue weighted by molar-refractivity contribution is 14.2. The second kappa shape index (κ2) is 3.06. The van der Waals surface area contributed by atoms with E-state index in [4.69, 9.17) is 0 Å². The van der Waals surface area contributed by atoms with E-state index in [0.29, 0.717) is 0 Å². The molecule has 0 aliphatic carbocycles. The van der Waals surface area contributed by atoms with Crippen molar-refractivity contribution in [1.29, 1.82) is 0 Å². The fourth-order valence-corrected chi connectivity index (χ4v) is 1.30. The molecule has 1 aromatic rings. The van der Waals surface area contributed by atoms with Crippen LogP contribution in [0, 0.1) is 10.5 Å². The first-order valence-electron chi connectivity index (χ1n) is 2.64. The Morgan fingerprint density at radius 2 is 2.33 bits per heavy atom. The maximum absolute atomic E-state index is 4.14. The van der Waals surface area contributed by atoms with Gasteiger partial charge in [0.15, 0.2) is 0 Å². The standard InChI is InChI=1S/C7H8IN/c1-6-3-4-7(8-2)5-9-6/h3-5H,2H2,1H3. The first-order valence-corrected chi connectivity index (χ1v) is 5.24. The molecule has 0 radical (unpaired) electrons. The Kier molecular flexibility index (Phi) is 2.33. The molecular weight excluding hydrogens is 225 g/mol. The molecule has 0 amide bonds. The topological polar surface area (TPSA) is 12.9 Å². The SMILES string of the molecule is C=Ic1ccc(C)nc1. The van der Waals surface area contributed by atoms with Gasteiger partial charge in [-0.25, -0.2) is 0 Å². The lowest BCUT2D eigenvalue weighted by Gasteiger charge is -1.90. The summed E-state index contributed by atoms with van der Waals surface area (Å²) in [6.45, 7) is 1.99. The normalized spacial score (nSPS) is 9.44. The maximum atomic E-state index is 4.14. The van der Waals surface area contributed by atoms with Crippen LogP contribution in [0.1, 0.15) is 5.69 Å². The number of rotatable bonds is 1. The summed E-state index contributed by atoms with van der Waals surface area (Å²) in [5.41, 5.74) is 1.08. The largest absolute Gasteiger partial charge is 0.261 e. The Morgan fingerprint density at radius 1 is 1.56 bits per heavy atom. The molecule has 0 aromatic carbocycles. The van der Waals surface area contributed by atoms with Crippen LogP contribution in [0.25, 0.3) is 0 Å². The fourth-order valence-electron chi connectivity index (χ4n) is 0.529. The third-order valence-electron chi connectivity index (χ3n) is 1.03. The van der Waals surface area contributed by atoms with E-state index in [1.807, 2.05) is 19.2 Å². The summed E-state index contributed by atoms with van der Waals surface area (Å²) in [4.78, 5) is 4.14. The number of aromatic nitrogens is 1. The van der Waals surface area contributed by atoms with Gasteiger partial charge in [-0.15, -0.1) is 0 Å². The van der Waals surface area contributed by atoms with Crippen LogP contribution in [0.3, 0.4) is 0 Å². The van der Waals surface area contributed by atoms with Crippen LogP contribution in [0.4, 0.5) is 0 Å². The van der Waals surface area contributed by atoms with Gasteiger partial charge in [0, 0.05) is 15.5 Å². The monoisotopic (exact) mass is 233 g/mol. The Bertz CT molecular complexity index is 203. The molecule has 2 heteroatoms. The molecule has 9 heavy (non-hydrogen) atoms. The van der Waals surface area contributed by atoms with Crippen molar-refractivity contribution in [2.24, 2.45) is 0 Å². The Morgan fingerprint density at radius 3 is 2.78 bits per heavy atom. The van der Waals surface area contributed by atoms with Crippen LogP contribution >= 0.6 is 20.7 Å². The highest BCUT2D eigenvalue weighted by Crippen LogP contribution is 2.06. The molecule has 1 rings (SSSR count). The van der Waals surface area contributed by atoms with Crippen molar-refractivity contribution in [1.82, 2.24) is 4.98 Å². The van der Waals surface area contributed by atoms with E-state index in [2.05, 4.69) is 15.6 Å². The summed E-state index contributed by atoms with van der Waals surface area (Å²) in [6.07, 6.45) is 1.91. The molecule has 0 atom stereocenters. The van der Waals surface area contributed by atoms with E-state index in [0.717, 1.165) is 5.69 Å². The molecule has 0 saturated heterocycles. The van der Waals surface area contributed by atoms with Crippen LogP contribution in [0.5, 0.6) is 0 Å². The highest BCUT2D eigenvalue weighted by Gasteiger charge is 1.84. The predicted octanol–water partition coefficient (Wildman–Crippen LogP) is 1.96. The molecule has 0 bridgehead atoms. The first kappa shape index (κ1) is 6.86. The number of halogens is 1. The van der Waals surface area contributed by atoms with Gasteiger partial charge in [-0.3, -0.25) is 4.98 Å². The molecular formula is C7H8IN. The minimum absolute atomic E-state index is 0.0159. The van der Waals surface area contributed by atoms with Gasteiger partial charge in [0.1, 0.15) is 0 Å². The second-order valence-corrected chi connectivity index (χ2v) is 3.76. The molecule has 48 valence electrons. The minimum atomic E-state index is -0.0159. The van der Waals surface area contributed by atoms with Crippen LogP contribution in [0.2, 0.25) is 0 Å². The highest BCUT2D eigenvalue weighted by atomic mass is 127. The van der Waals surface area contributed by atoms with E-state index >= 15 is 0 Å². The lowest BCUT2D eigenvalue weighted by atomic mass is 10.4. The Labute approximate surface area is 64.9 Å². The molecule has 1 nitrogen and oxygen atoms in total. The summed E-state index contributed by atoms with van der Waals surface area (Å²) < 4.78 is 5.16. The van der Waals surface area contributed by atoms with E-state index in [1.165, 1.54) is 3.57 Å². The van der Waals surface area contributed by atoms with Gasteiger partial charge in [-0.2, -0.15) is 0 Å². The van der Waals surface area contributed by atoms with E-state index in [9.17, 15) is 0 Å². The quantitative estimate of drug-likeness (QED) is 0.675. The van der Waals surface area contributed by atoms with E-state index < -0.39 is 0 Å². The molecule has 0 unspecified atom stereocenters. The predicted molar refractivity (Wildman–Crippen MR) is 48.8 cm³/mol. The van der Waals surface area contributed by atoms with Gasteiger partial charge in [0.25, 0.3) is 0 Å². The third kappa shape index (κ3) is 1.86. The zero-order valence-corrected chi connectivity index (χ0v) is 7.42. The molecule has 1 aromatic heterocycles. The van der Waals surface area contributed by atoms with Crippen molar-refractivity contribution in [3.8, 4) is 0 Å². The average Bonchev–Trinajstić information content (AvgIpc) is 1.90. The molecule has 0 fully saturated rings. The summed E-state index contributed by atoms with van der Waals surface area (Å²) in [5, 5.41) is 0. The molecule has 1 heterocycles. The van der Waals surface area contributed by atoms with Crippen LogP contribution in [-0.2, 0) is 0 Å². The molecule has 0 spiro atoms. The molecule has 0 saturated carbocycles. The summed E-state index contributed by atoms with van der Waals surface area (Å²) in [5.74, 6) is 0. The number of nitrogens with zero attached hydrogens (tertiary/aromatic N) is 1. The zero-order chi connectivity index (χ0) is 6.69. The van der Waals surface area contributed by atoms with Gasteiger partial charge < -0.3 is 0 Å². The van der Waals surface area contributed by atoms with Crippen molar-refractivity contribution >= 4 is 25.2 Å². The van der Waals surface area contributed by atoms with Gasteiger partial charge in [-0.05, 0) is 19.1 Å². The summed E-state index contributed by atoms with van der Waals surface area (Å²) in [6, 6.07) is 4.13. The minimum Gasteiger partial charge on any atom is -0.261 e. The second-order valence-electron chi connectivity index (χ2n) is 1.75. The summed E-state index contributed by atoms with van der Waals surface area (Å²) >= 11 is -0.0159. The van der Waals surface area contributed by atoms with Gasteiger partial charge in [0.2, 0.25) is 0 Å². The molecule has 0 N–H and O–H groups in total. The fraction of sp³-hybridized carbons (Fsp3) is 0.143. The Hall–Kier alpha value is -0.250. The molecule has 0 aliphatic rings. The first-order chi connectivity index (χ1) is 4.33. The smallest absolute Gasteiger partial charge is 0.0400 e. The van der Waals surface area contributed by atoms with Crippen molar-refractivity contribution in [2.75, 3.05) is 0 Å². The van der Waals surface area contributed by atoms with Crippen LogP contribution < -0.4 is 0 Å². The van der Waals surface area contributed by atoms with Crippen molar-refractivity contribution in [2.45, 2.75) is 6.92 Å². The van der Waals surface area contributed by atoms with Crippen molar-refractivity contribution in [3.05, 3.63) is 27.6 Å². The number of aryl methyl sites for hydroxylation is 1. The van der Waals surface area contributed by atoms with Gasteiger partial charge >= 0.3 is 0 Å². The lowest BCUT2D eigenvalue weighted by Crippen LogP contribution is -1.78. The van der Waals surface area contributed by atoms with Crippen LogP contribution in [-0.4, -0.2) is 9.50 Å². The van der Waals surface area contributed by atoms with Gasteiger partial charge in [0.05, 0.1) is 0 Å².